The molecule has 3 rings (SSSR count). The number of anilines is 1. The molecule has 0 spiro atoms. The molecule has 0 fully saturated rings. The molecule has 0 unspecified atom stereocenters. The number of aromatic nitrogens is 1. The number of halogens is 1. The largest absolute Gasteiger partial charge is 0.489 e. The summed E-state index contributed by atoms with van der Waals surface area (Å²) in [5.41, 5.74) is 8.77. The van der Waals surface area contributed by atoms with E-state index in [0.717, 1.165) is 28.7 Å². The lowest BCUT2D eigenvalue weighted by Crippen LogP contribution is -1.95. The van der Waals surface area contributed by atoms with Crippen LogP contribution in [0.3, 0.4) is 0 Å². The van der Waals surface area contributed by atoms with Crippen molar-refractivity contribution < 1.29 is 9.13 Å². The number of nitrogens with zero attached hydrogens (tertiary/aromatic N) is 1. The lowest BCUT2D eigenvalue weighted by atomic mass is 10.1. The van der Waals surface area contributed by atoms with Crippen LogP contribution in [0.2, 0.25) is 0 Å². The van der Waals surface area contributed by atoms with E-state index in [1.165, 1.54) is 12.1 Å². The van der Waals surface area contributed by atoms with Crippen LogP contribution in [-0.2, 0) is 13.2 Å². The van der Waals surface area contributed by atoms with Crippen molar-refractivity contribution in [2.24, 2.45) is 0 Å². The number of nitrogens with two attached hydrogens (primary N) is 1. The number of nitrogen functional groups attached to an aromatic ring is 1. The summed E-state index contributed by atoms with van der Waals surface area (Å²) in [5, 5.41) is 1.08. The van der Waals surface area contributed by atoms with E-state index in [0.29, 0.717) is 12.4 Å². The first kappa shape index (κ1) is 13.5. The van der Waals surface area contributed by atoms with Gasteiger partial charge in [-0.15, -0.1) is 0 Å². The molecule has 0 aliphatic heterocycles. The summed E-state index contributed by atoms with van der Waals surface area (Å²) in [7, 11) is 0. The fourth-order valence-electron chi connectivity index (χ4n) is 2.48. The Labute approximate surface area is 122 Å². The first-order chi connectivity index (χ1) is 10.2. The Morgan fingerprint density at radius 3 is 2.81 bits per heavy atom. The molecule has 0 saturated heterocycles. The molecule has 1 heterocycles. The Bertz CT molecular complexity index is 780. The molecule has 0 radical (unpaired) electrons. The van der Waals surface area contributed by atoms with E-state index in [1.54, 1.807) is 12.1 Å². The van der Waals surface area contributed by atoms with Crippen LogP contribution in [0, 0.1) is 5.82 Å². The summed E-state index contributed by atoms with van der Waals surface area (Å²) >= 11 is 0. The lowest BCUT2D eigenvalue weighted by molar-refractivity contribution is 0.305. The summed E-state index contributed by atoms with van der Waals surface area (Å²) in [6.07, 6.45) is 2.06. The van der Waals surface area contributed by atoms with Gasteiger partial charge in [0, 0.05) is 41.0 Å². The number of rotatable bonds is 4. The summed E-state index contributed by atoms with van der Waals surface area (Å²) in [6.45, 7) is 3.35. The van der Waals surface area contributed by atoms with Crippen molar-refractivity contribution in [2.75, 3.05) is 5.73 Å². The van der Waals surface area contributed by atoms with Crippen molar-refractivity contribution in [1.82, 2.24) is 4.57 Å². The zero-order valence-electron chi connectivity index (χ0n) is 11.8. The van der Waals surface area contributed by atoms with Crippen molar-refractivity contribution in [3.8, 4) is 5.75 Å². The summed E-state index contributed by atoms with van der Waals surface area (Å²) in [6, 6.07) is 12.0. The standard InChI is InChI=1S/C17H17FN2O/c1-2-20-10-12(16-9-14(19)6-7-17(16)20)11-21-15-5-3-4-13(18)8-15/h3-10H,2,11,19H2,1H3. The molecule has 0 aliphatic carbocycles. The molecule has 2 aromatic carbocycles. The highest BCUT2D eigenvalue weighted by Crippen LogP contribution is 2.25. The highest BCUT2D eigenvalue weighted by molar-refractivity contribution is 5.86. The van der Waals surface area contributed by atoms with E-state index in [1.807, 2.05) is 18.2 Å². The number of hydrogen-bond donors (Lipinski definition) is 1. The van der Waals surface area contributed by atoms with Crippen LogP contribution in [0.5, 0.6) is 5.75 Å². The average molecular weight is 284 g/mol. The minimum atomic E-state index is -0.298. The SMILES string of the molecule is CCn1cc(COc2cccc(F)c2)c2cc(N)ccc21. The van der Waals surface area contributed by atoms with Crippen molar-refractivity contribution in [3.05, 3.63) is 60.0 Å². The van der Waals surface area contributed by atoms with Gasteiger partial charge >= 0.3 is 0 Å². The zero-order chi connectivity index (χ0) is 14.8. The average Bonchev–Trinajstić information content (AvgIpc) is 2.82. The van der Waals surface area contributed by atoms with Gasteiger partial charge < -0.3 is 15.0 Å². The number of ether oxygens (including phenoxy) is 1. The third-order valence-corrected chi connectivity index (χ3v) is 3.52. The van der Waals surface area contributed by atoms with Crippen LogP contribution < -0.4 is 10.5 Å². The van der Waals surface area contributed by atoms with E-state index < -0.39 is 0 Å². The second kappa shape index (κ2) is 5.48. The van der Waals surface area contributed by atoms with Crippen molar-refractivity contribution in [3.63, 3.8) is 0 Å². The van der Waals surface area contributed by atoms with Gasteiger partial charge in [0.15, 0.2) is 0 Å². The Kier molecular flexibility index (Phi) is 3.52. The number of aryl methyl sites for hydroxylation is 1. The van der Waals surface area contributed by atoms with Gasteiger partial charge in [-0.25, -0.2) is 4.39 Å². The summed E-state index contributed by atoms with van der Waals surface area (Å²) in [5.74, 6) is 0.226. The van der Waals surface area contributed by atoms with Crippen LogP contribution >= 0.6 is 0 Å². The topological polar surface area (TPSA) is 40.2 Å². The molecular formula is C17H17FN2O. The van der Waals surface area contributed by atoms with E-state index in [-0.39, 0.29) is 5.82 Å². The number of hydrogen-bond acceptors (Lipinski definition) is 2. The van der Waals surface area contributed by atoms with Gasteiger partial charge in [0.25, 0.3) is 0 Å². The monoisotopic (exact) mass is 284 g/mol. The molecule has 4 heteroatoms. The summed E-state index contributed by atoms with van der Waals surface area (Å²) < 4.78 is 21.0. The molecule has 21 heavy (non-hydrogen) atoms. The maximum absolute atomic E-state index is 13.2. The molecule has 3 aromatic rings. The molecule has 1 aromatic heterocycles. The van der Waals surface area contributed by atoms with Gasteiger partial charge in [-0.1, -0.05) is 6.07 Å². The number of fused-ring (bicyclic) bond motifs is 1. The molecule has 0 amide bonds. The highest BCUT2D eigenvalue weighted by Gasteiger charge is 2.09. The third-order valence-electron chi connectivity index (χ3n) is 3.52. The predicted octanol–water partition coefficient (Wildman–Crippen LogP) is 3.96. The van der Waals surface area contributed by atoms with Crippen LogP contribution in [0.4, 0.5) is 10.1 Å². The molecule has 0 atom stereocenters. The summed E-state index contributed by atoms with van der Waals surface area (Å²) in [4.78, 5) is 0. The molecule has 0 aliphatic rings. The quantitative estimate of drug-likeness (QED) is 0.737. The maximum atomic E-state index is 13.2. The second-order valence-corrected chi connectivity index (χ2v) is 4.96. The third kappa shape index (κ3) is 2.70. The Balaban J connectivity index is 1.91. The Morgan fingerprint density at radius 2 is 2.05 bits per heavy atom. The first-order valence-electron chi connectivity index (χ1n) is 6.93. The molecule has 3 nitrogen and oxygen atoms in total. The van der Waals surface area contributed by atoms with Crippen LogP contribution in [-0.4, -0.2) is 4.57 Å². The normalized spacial score (nSPS) is 11.0. The van der Waals surface area contributed by atoms with Gasteiger partial charge in [0.2, 0.25) is 0 Å². The van der Waals surface area contributed by atoms with Gasteiger partial charge in [-0.2, -0.15) is 0 Å². The fraction of sp³-hybridized carbons (Fsp3) is 0.176. The van der Waals surface area contributed by atoms with Crippen LogP contribution in [0.1, 0.15) is 12.5 Å². The molecule has 0 saturated carbocycles. The zero-order valence-corrected chi connectivity index (χ0v) is 11.8. The second-order valence-electron chi connectivity index (χ2n) is 4.96. The van der Waals surface area contributed by atoms with Crippen LogP contribution in [0.15, 0.2) is 48.7 Å². The van der Waals surface area contributed by atoms with Crippen molar-refractivity contribution >= 4 is 16.6 Å². The van der Waals surface area contributed by atoms with E-state index in [2.05, 4.69) is 17.7 Å². The van der Waals surface area contributed by atoms with Gasteiger partial charge in [0.05, 0.1) is 0 Å². The van der Waals surface area contributed by atoms with E-state index in [4.69, 9.17) is 10.5 Å². The first-order valence-corrected chi connectivity index (χ1v) is 6.93. The molecular weight excluding hydrogens is 267 g/mol. The Morgan fingerprint density at radius 1 is 1.19 bits per heavy atom. The lowest BCUT2D eigenvalue weighted by Gasteiger charge is -2.05. The van der Waals surface area contributed by atoms with E-state index >= 15 is 0 Å². The minimum absolute atomic E-state index is 0.298. The maximum Gasteiger partial charge on any atom is 0.126 e. The molecule has 108 valence electrons. The van der Waals surface area contributed by atoms with E-state index in [9.17, 15) is 4.39 Å². The minimum Gasteiger partial charge on any atom is -0.489 e. The van der Waals surface area contributed by atoms with Crippen LogP contribution in [0.25, 0.3) is 10.9 Å². The molecule has 0 bridgehead atoms. The molecule has 2 N–H and O–H groups in total. The van der Waals surface area contributed by atoms with Gasteiger partial charge in [-0.05, 0) is 37.3 Å². The smallest absolute Gasteiger partial charge is 0.126 e. The number of benzene rings is 2. The van der Waals surface area contributed by atoms with Gasteiger partial charge in [-0.3, -0.25) is 0 Å². The van der Waals surface area contributed by atoms with Crippen molar-refractivity contribution in [2.45, 2.75) is 20.1 Å². The van der Waals surface area contributed by atoms with Gasteiger partial charge in [0.1, 0.15) is 18.2 Å². The van der Waals surface area contributed by atoms with Crippen molar-refractivity contribution in [1.29, 1.82) is 0 Å². The fourth-order valence-corrected chi connectivity index (χ4v) is 2.48. The highest BCUT2D eigenvalue weighted by atomic mass is 19.1. The Hall–Kier alpha value is -2.49. The predicted molar refractivity (Wildman–Crippen MR) is 82.8 cm³/mol.